The van der Waals surface area contributed by atoms with Crippen LogP contribution in [0.4, 0.5) is 14.7 Å². The van der Waals surface area contributed by atoms with Gasteiger partial charge in [0.25, 0.3) is 0 Å². The van der Waals surface area contributed by atoms with Crippen LogP contribution in [-0.2, 0) is 6.42 Å². The molecule has 0 spiro atoms. The number of halogens is 2. The van der Waals surface area contributed by atoms with Crippen molar-refractivity contribution in [1.82, 2.24) is 29.0 Å². The predicted molar refractivity (Wildman–Crippen MR) is 118 cm³/mol. The number of rotatable bonds is 2. The fourth-order valence-corrected chi connectivity index (χ4v) is 3.54. The van der Waals surface area contributed by atoms with Gasteiger partial charge in [-0.3, -0.25) is 4.40 Å². The van der Waals surface area contributed by atoms with Gasteiger partial charge in [0.1, 0.15) is 0 Å². The summed E-state index contributed by atoms with van der Waals surface area (Å²) < 4.78 is 24.4. The number of hydrogen-bond acceptors (Lipinski definition) is 5. The first-order chi connectivity index (χ1) is 15.0. The molecule has 2 N–H and O–H groups in total. The van der Waals surface area contributed by atoms with E-state index in [0.717, 1.165) is 35.7 Å². The molecule has 1 fully saturated rings. The predicted octanol–water partition coefficient (Wildman–Crippen LogP) is 5.20. The number of alkyl halides is 2. The first-order valence-electron chi connectivity index (χ1n) is 10.7. The summed E-state index contributed by atoms with van der Waals surface area (Å²) >= 11 is 0. The number of nitrogens with two attached hydrogens (primary N) is 1. The summed E-state index contributed by atoms with van der Waals surface area (Å²) in [6, 6.07) is 1.98. The van der Waals surface area contributed by atoms with Gasteiger partial charge in [-0.1, -0.05) is 45.4 Å². The molecule has 166 valence electrons. The lowest BCUT2D eigenvalue weighted by Gasteiger charge is -2.05. The Morgan fingerprint density at radius 2 is 1.61 bits per heavy atom. The van der Waals surface area contributed by atoms with Gasteiger partial charge in [0, 0.05) is 35.4 Å². The highest BCUT2D eigenvalue weighted by molar-refractivity contribution is 5.79. The molecule has 0 aliphatic heterocycles. The molecule has 0 amide bonds. The van der Waals surface area contributed by atoms with Crippen molar-refractivity contribution in [3.05, 3.63) is 42.7 Å². The van der Waals surface area contributed by atoms with E-state index in [2.05, 4.69) is 27.0 Å². The Hall–Kier alpha value is -3.10. The van der Waals surface area contributed by atoms with Crippen LogP contribution in [0.1, 0.15) is 58.1 Å². The highest BCUT2D eigenvalue weighted by atomic mass is 19.3. The number of nitrogen functional groups attached to an aromatic ring is 1. The van der Waals surface area contributed by atoms with Crippen molar-refractivity contribution >= 4 is 17.2 Å². The van der Waals surface area contributed by atoms with E-state index in [1.165, 1.54) is 38.5 Å². The van der Waals surface area contributed by atoms with Crippen molar-refractivity contribution in [2.75, 3.05) is 5.73 Å². The Bertz CT molecular complexity index is 1090. The molecular weight excluding hydrogens is 400 g/mol. The fourth-order valence-electron chi connectivity index (χ4n) is 3.54. The van der Waals surface area contributed by atoms with E-state index in [4.69, 9.17) is 5.73 Å². The van der Waals surface area contributed by atoms with Gasteiger partial charge in [0.2, 0.25) is 18.2 Å². The van der Waals surface area contributed by atoms with E-state index in [-0.39, 0.29) is 5.95 Å². The van der Waals surface area contributed by atoms with Crippen LogP contribution >= 0.6 is 0 Å². The summed E-state index contributed by atoms with van der Waals surface area (Å²) in [4.78, 5) is 12.8. The summed E-state index contributed by atoms with van der Waals surface area (Å²) in [6.07, 6.45) is 17.0. The maximum Gasteiger partial charge on any atom is 0.238 e. The maximum atomic E-state index is 10.3. The molecular formula is C22H29F2N7. The van der Waals surface area contributed by atoms with Crippen LogP contribution in [0.3, 0.4) is 0 Å². The first-order valence-corrected chi connectivity index (χ1v) is 10.7. The number of hydrogen-bond donors (Lipinski definition) is 1. The van der Waals surface area contributed by atoms with Gasteiger partial charge in [0.05, 0.1) is 17.9 Å². The number of imidazole rings is 1. The normalized spacial score (nSPS) is 13.6. The van der Waals surface area contributed by atoms with Gasteiger partial charge in [-0.2, -0.15) is 0 Å². The summed E-state index contributed by atoms with van der Waals surface area (Å²) in [5, 5.41) is 4.15. The maximum absolute atomic E-state index is 10.3. The second-order valence-corrected chi connectivity index (χ2v) is 7.43. The SMILES string of the molecule is C1CCCCC1.CC(F)F.CCc1cnc2ncc(-c3ccn4nc(N)ncc34)cn12. The summed E-state index contributed by atoms with van der Waals surface area (Å²) in [7, 11) is 0. The molecule has 1 saturated carbocycles. The molecule has 4 aromatic heterocycles. The Morgan fingerprint density at radius 1 is 1.00 bits per heavy atom. The molecule has 0 bridgehead atoms. The van der Waals surface area contributed by atoms with Crippen LogP contribution in [0.5, 0.6) is 0 Å². The Kier molecular flexibility index (Phi) is 7.86. The Balaban J connectivity index is 0.000000227. The Morgan fingerprint density at radius 3 is 2.23 bits per heavy atom. The minimum absolute atomic E-state index is 0.251. The average Bonchev–Trinajstić information content (AvgIpc) is 3.38. The average molecular weight is 430 g/mol. The van der Waals surface area contributed by atoms with Crippen molar-refractivity contribution < 1.29 is 8.78 Å². The monoisotopic (exact) mass is 429 g/mol. The second-order valence-electron chi connectivity index (χ2n) is 7.43. The van der Waals surface area contributed by atoms with Crippen LogP contribution in [-0.4, -0.2) is 35.4 Å². The second kappa shape index (κ2) is 10.8. The number of nitrogens with zero attached hydrogens (tertiary/aromatic N) is 6. The van der Waals surface area contributed by atoms with Gasteiger partial charge in [-0.25, -0.2) is 28.2 Å². The zero-order chi connectivity index (χ0) is 22.2. The molecule has 9 heteroatoms. The van der Waals surface area contributed by atoms with E-state index in [1.54, 1.807) is 10.7 Å². The molecule has 0 atom stereocenters. The molecule has 31 heavy (non-hydrogen) atoms. The number of fused-ring (bicyclic) bond motifs is 2. The van der Waals surface area contributed by atoms with E-state index in [9.17, 15) is 8.78 Å². The van der Waals surface area contributed by atoms with Gasteiger partial charge in [0.15, 0.2) is 0 Å². The van der Waals surface area contributed by atoms with E-state index < -0.39 is 6.43 Å². The standard InChI is InChI=1S/C14H13N7.C6H12.C2H4F2/c1-2-10-6-18-14-17-5-9(8-20(10)14)11-3-4-21-12(11)7-16-13(15)19-21;1-2-4-6-5-3-1;1-2(3)4/h3-8H,2H2,1H3,(H2,15,19);1-6H2;2H,1H3. The largest absolute Gasteiger partial charge is 0.367 e. The van der Waals surface area contributed by atoms with Crippen LogP contribution in [0.15, 0.2) is 37.1 Å². The van der Waals surface area contributed by atoms with Gasteiger partial charge >= 0.3 is 0 Å². The molecule has 7 nitrogen and oxygen atoms in total. The van der Waals surface area contributed by atoms with Crippen LogP contribution < -0.4 is 5.73 Å². The highest BCUT2D eigenvalue weighted by Gasteiger charge is 2.10. The lowest BCUT2D eigenvalue weighted by molar-refractivity contribution is 0.171. The summed E-state index contributed by atoms with van der Waals surface area (Å²) in [5.74, 6) is 0.959. The van der Waals surface area contributed by atoms with E-state index in [0.29, 0.717) is 5.78 Å². The third kappa shape index (κ3) is 5.96. The lowest BCUT2D eigenvalue weighted by Crippen LogP contribution is -1.99. The van der Waals surface area contributed by atoms with E-state index in [1.807, 2.05) is 35.3 Å². The number of aromatic nitrogens is 6. The van der Waals surface area contributed by atoms with Crippen LogP contribution in [0, 0.1) is 0 Å². The van der Waals surface area contributed by atoms with Crippen molar-refractivity contribution in [2.24, 2.45) is 0 Å². The zero-order valence-electron chi connectivity index (χ0n) is 18.0. The first kappa shape index (κ1) is 22.6. The van der Waals surface area contributed by atoms with Gasteiger partial charge < -0.3 is 5.73 Å². The van der Waals surface area contributed by atoms with Gasteiger partial charge in [-0.05, 0) is 19.4 Å². The molecule has 0 aromatic carbocycles. The lowest BCUT2D eigenvalue weighted by atomic mass is 10.0. The van der Waals surface area contributed by atoms with E-state index >= 15 is 0 Å². The zero-order valence-corrected chi connectivity index (χ0v) is 18.0. The topological polar surface area (TPSA) is 86.4 Å². The highest BCUT2D eigenvalue weighted by Crippen LogP contribution is 2.25. The number of anilines is 1. The molecule has 1 aliphatic rings. The Labute approximate surface area is 180 Å². The summed E-state index contributed by atoms with van der Waals surface area (Å²) in [6.45, 7) is 2.93. The van der Waals surface area contributed by atoms with Crippen LogP contribution in [0.2, 0.25) is 0 Å². The molecule has 0 radical (unpaired) electrons. The van der Waals surface area contributed by atoms with Gasteiger partial charge in [-0.15, -0.1) is 5.10 Å². The quantitative estimate of drug-likeness (QED) is 0.473. The van der Waals surface area contributed by atoms with Crippen molar-refractivity contribution in [1.29, 1.82) is 0 Å². The minimum Gasteiger partial charge on any atom is -0.367 e. The molecule has 1 aliphatic carbocycles. The number of aryl methyl sites for hydroxylation is 1. The van der Waals surface area contributed by atoms with Crippen molar-refractivity contribution in [3.63, 3.8) is 0 Å². The molecule has 4 heterocycles. The minimum atomic E-state index is -2.17. The third-order valence-corrected chi connectivity index (χ3v) is 5.05. The summed E-state index contributed by atoms with van der Waals surface area (Å²) in [5.41, 5.74) is 9.63. The fraction of sp³-hybridized carbons (Fsp3) is 0.455. The molecule has 4 aromatic rings. The molecule has 0 unspecified atom stereocenters. The molecule has 5 rings (SSSR count). The van der Waals surface area contributed by atoms with Crippen molar-refractivity contribution in [2.45, 2.75) is 65.2 Å². The molecule has 0 saturated heterocycles. The smallest absolute Gasteiger partial charge is 0.238 e. The van der Waals surface area contributed by atoms with Crippen LogP contribution in [0.25, 0.3) is 22.4 Å². The van der Waals surface area contributed by atoms with Crippen molar-refractivity contribution in [3.8, 4) is 11.1 Å². The third-order valence-electron chi connectivity index (χ3n) is 5.05.